The molecular formula is C22H30N4. The molecule has 2 N–H and O–H groups in total. The van der Waals surface area contributed by atoms with E-state index in [4.69, 9.17) is 9.97 Å². The van der Waals surface area contributed by atoms with Gasteiger partial charge in [0.15, 0.2) is 5.82 Å². The monoisotopic (exact) mass is 350 g/mol. The van der Waals surface area contributed by atoms with Gasteiger partial charge >= 0.3 is 0 Å². The minimum atomic E-state index is 0.510. The molecule has 0 spiro atoms. The summed E-state index contributed by atoms with van der Waals surface area (Å²) in [7, 11) is 0. The predicted molar refractivity (Wildman–Crippen MR) is 110 cm³/mol. The highest BCUT2D eigenvalue weighted by Gasteiger charge is 2.21. The largest absolute Gasteiger partial charge is 0.366 e. The fraction of sp³-hybridized carbons (Fsp3) is 0.545. The van der Waals surface area contributed by atoms with Gasteiger partial charge in [-0.1, -0.05) is 57.7 Å². The number of hydrogen-bond donors (Lipinski definition) is 2. The summed E-state index contributed by atoms with van der Waals surface area (Å²) in [4.78, 5) is 13.7. The Bertz CT molecular complexity index is 870. The van der Waals surface area contributed by atoms with E-state index in [0.717, 1.165) is 33.6 Å². The quantitative estimate of drug-likeness (QED) is 0.537. The zero-order valence-corrected chi connectivity index (χ0v) is 16.0. The van der Waals surface area contributed by atoms with Gasteiger partial charge in [0.25, 0.3) is 0 Å². The van der Waals surface area contributed by atoms with Crippen molar-refractivity contribution in [3.05, 3.63) is 30.1 Å². The van der Waals surface area contributed by atoms with Crippen molar-refractivity contribution in [3.8, 4) is 0 Å². The third-order valence-corrected chi connectivity index (χ3v) is 5.71. The summed E-state index contributed by atoms with van der Waals surface area (Å²) in [6.45, 7) is 4.52. The van der Waals surface area contributed by atoms with Crippen LogP contribution in [0.5, 0.6) is 0 Å². The lowest BCUT2D eigenvalue weighted by molar-refractivity contribution is 0.539. The molecule has 138 valence electrons. The molecule has 4 heteroatoms. The van der Waals surface area contributed by atoms with E-state index in [1.54, 1.807) is 0 Å². The number of fused-ring (bicyclic) bond motifs is 3. The smallest absolute Gasteiger partial charge is 0.153 e. The normalized spacial score (nSPS) is 15.5. The van der Waals surface area contributed by atoms with Crippen LogP contribution in [0.15, 0.2) is 24.3 Å². The Morgan fingerprint density at radius 3 is 2.54 bits per heavy atom. The van der Waals surface area contributed by atoms with Crippen LogP contribution in [0.1, 0.15) is 77.0 Å². The zero-order chi connectivity index (χ0) is 17.9. The summed E-state index contributed by atoms with van der Waals surface area (Å²) in [5.41, 5.74) is 3.19. The third kappa shape index (κ3) is 3.29. The number of anilines is 1. The maximum absolute atomic E-state index is 5.08. The maximum Gasteiger partial charge on any atom is 0.153 e. The molecule has 0 saturated heterocycles. The molecule has 2 aromatic heterocycles. The Hall–Kier alpha value is -2.10. The lowest BCUT2D eigenvalue weighted by Gasteiger charge is -2.14. The van der Waals surface area contributed by atoms with Gasteiger partial charge in [-0.3, -0.25) is 0 Å². The molecule has 1 saturated carbocycles. The van der Waals surface area contributed by atoms with Gasteiger partial charge in [-0.05, 0) is 31.7 Å². The van der Waals surface area contributed by atoms with E-state index in [2.05, 4.69) is 48.4 Å². The standard InChI is InChI=1S/C22H30N4/c1-3-9-15(10-4-2)21-25-19-17-13-7-8-14-18(17)24-22(20(19)26-21)23-16-11-5-6-12-16/h7-8,13-16H,3-6,9-12H2,1-2H3,(H,23,24)(H,25,26). The highest BCUT2D eigenvalue weighted by molar-refractivity contribution is 6.06. The van der Waals surface area contributed by atoms with Crippen LogP contribution in [0, 0.1) is 0 Å². The molecule has 1 aliphatic carbocycles. The van der Waals surface area contributed by atoms with Crippen LogP contribution in [0.25, 0.3) is 21.9 Å². The third-order valence-electron chi connectivity index (χ3n) is 5.71. The van der Waals surface area contributed by atoms with Crippen LogP contribution in [-0.2, 0) is 0 Å². The first-order chi connectivity index (χ1) is 12.8. The predicted octanol–water partition coefficient (Wildman–Crippen LogP) is 6.15. The van der Waals surface area contributed by atoms with Crippen molar-refractivity contribution in [2.75, 3.05) is 5.32 Å². The first kappa shape index (κ1) is 17.3. The molecule has 1 aliphatic rings. The Morgan fingerprint density at radius 1 is 1.08 bits per heavy atom. The van der Waals surface area contributed by atoms with E-state index in [9.17, 15) is 0 Å². The van der Waals surface area contributed by atoms with E-state index in [0.29, 0.717) is 12.0 Å². The summed E-state index contributed by atoms with van der Waals surface area (Å²) in [5.74, 6) is 2.63. The van der Waals surface area contributed by atoms with E-state index >= 15 is 0 Å². The molecule has 4 nitrogen and oxygen atoms in total. The Morgan fingerprint density at radius 2 is 1.81 bits per heavy atom. The molecular weight excluding hydrogens is 320 g/mol. The fourth-order valence-corrected chi connectivity index (χ4v) is 4.38. The Balaban J connectivity index is 1.83. The lowest BCUT2D eigenvalue weighted by Crippen LogP contribution is -2.15. The Labute approximate surface area is 155 Å². The van der Waals surface area contributed by atoms with Crippen molar-refractivity contribution >= 4 is 27.8 Å². The number of nitrogens with zero attached hydrogens (tertiary/aromatic N) is 2. The van der Waals surface area contributed by atoms with Gasteiger partial charge < -0.3 is 10.3 Å². The molecule has 0 bridgehead atoms. The summed E-state index contributed by atoms with van der Waals surface area (Å²) in [5, 5.41) is 4.86. The molecule has 0 aliphatic heterocycles. The van der Waals surface area contributed by atoms with E-state index < -0.39 is 0 Å². The zero-order valence-electron chi connectivity index (χ0n) is 16.0. The van der Waals surface area contributed by atoms with Crippen molar-refractivity contribution in [2.45, 2.75) is 77.2 Å². The van der Waals surface area contributed by atoms with Gasteiger partial charge in [0, 0.05) is 17.3 Å². The first-order valence-corrected chi connectivity index (χ1v) is 10.3. The minimum Gasteiger partial charge on any atom is -0.366 e. The van der Waals surface area contributed by atoms with E-state index in [1.807, 2.05) is 0 Å². The Kier molecular flexibility index (Phi) is 5.09. The molecule has 3 aromatic rings. The van der Waals surface area contributed by atoms with Crippen molar-refractivity contribution in [2.24, 2.45) is 0 Å². The topological polar surface area (TPSA) is 53.6 Å². The highest BCUT2D eigenvalue weighted by Crippen LogP contribution is 2.33. The van der Waals surface area contributed by atoms with Gasteiger partial charge in [-0.2, -0.15) is 0 Å². The van der Waals surface area contributed by atoms with Crippen molar-refractivity contribution in [1.29, 1.82) is 0 Å². The maximum atomic E-state index is 5.08. The van der Waals surface area contributed by atoms with Crippen LogP contribution >= 0.6 is 0 Å². The average molecular weight is 351 g/mol. The summed E-state index contributed by atoms with van der Waals surface area (Å²) < 4.78 is 0. The number of aromatic amines is 1. The number of aromatic nitrogens is 3. The van der Waals surface area contributed by atoms with Crippen molar-refractivity contribution < 1.29 is 0 Å². The van der Waals surface area contributed by atoms with Crippen LogP contribution in [0.3, 0.4) is 0 Å². The second-order valence-corrected chi connectivity index (χ2v) is 7.72. The second kappa shape index (κ2) is 7.65. The van der Waals surface area contributed by atoms with Crippen LogP contribution < -0.4 is 5.32 Å². The summed E-state index contributed by atoms with van der Waals surface area (Å²) in [6, 6.07) is 8.92. The SMILES string of the molecule is CCCC(CCC)c1nc2c([nH]1)c(NC1CCCC1)nc1ccccc12. The van der Waals surface area contributed by atoms with E-state index in [1.165, 1.54) is 51.4 Å². The summed E-state index contributed by atoms with van der Waals surface area (Å²) in [6.07, 6.45) is 9.86. The fourth-order valence-electron chi connectivity index (χ4n) is 4.38. The highest BCUT2D eigenvalue weighted by atomic mass is 15.1. The van der Waals surface area contributed by atoms with Crippen LogP contribution in [-0.4, -0.2) is 21.0 Å². The van der Waals surface area contributed by atoms with Crippen LogP contribution in [0.4, 0.5) is 5.82 Å². The minimum absolute atomic E-state index is 0.510. The molecule has 2 heterocycles. The van der Waals surface area contributed by atoms with E-state index in [-0.39, 0.29) is 0 Å². The average Bonchev–Trinajstić information content (AvgIpc) is 3.31. The molecule has 0 atom stereocenters. The van der Waals surface area contributed by atoms with Crippen LogP contribution in [0.2, 0.25) is 0 Å². The number of para-hydroxylation sites is 1. The number of imidazole rings is 1. The molecule has 0 unspecified atom stereocenters. The second-order valence-electron chi connectivity index (χ2n) is 7.72. The van der Waals surface area contributed by atoms with Gasteiger partial charge in [0.2, 0.25) is 0 Å². The van der Waals surface area contributed by atoms with Gasteiger partial charge in [0.05, 0.1) is 5.52 Å². The number of pyridine rings is 1. The molecule has 1 fully saturated rings. The summed E-state index contributed by atoms with van der Waals surface area (Å²) >= 11 is 0. The number of hydrogen-bond acceptors (Lipinski definition) is 3. The first-order valence-electron chi connectivity index (χ1n) is 10.3. The molecule has 0 amide bonds. The van der Waals surface area contributed by atoms with Gasteiger partial charge in [0.1, 0.15) is 16.9 Å². The number of rotatable bonds is 7. The van der Waals surface area contributed by atoms with Gasteiger partial charge in [-0.15, -0.1) is 0 Å². The number of nitrogens with one attached hydrogen (secondary N) is 2. The number of H-pyrrole nitrogens is 1. The van der Waals surface area contributed by atoms with Gasteiger partial charge in [-0.25, -0.2) is 9.97 Å². The molecule has 1 aromatic carbocycles. The van der Waals surface area contributed by atoms with Crippen molar-refractivity contribution in [1.82, 2.24) is 15.0 Å². The number of benzene rings is 1. The lowest BCUT2D eigenvalue weighted by atomic mass is 9.98. The molecule has 4 rings (SSSR count). The molecule has 26 heavy (non-hydrogen) atoms. The van der Waals surface area contributed by atoms with Crippen molar-refractivity contribution in [3.63, 3.8) is 0 Å². The molecule has 0 radical (unpaired) electrons.